The van der Waals surface area contributed by atoms with Gasteiger partial charge in [0.25, 0.3) is 0 Å². The molecule has 0 aromatic carbocycles. The average Bonchev–Trinajstić information content (AvgIpc) is 2.65. The van der Waals surface area contributed by atoms with E-state index in [4.69, 9.17) is 4.74 Å². The van der Waals surface area contributed by atoms with Crippen molar-refractivity contribution in [2.45, 2.75) is 45.4 Å². The molecule has 0 bridgehead atoms. The zero-order valence-electron chi connectivity index (χ0n) is 9.21. The average molecular weight is 212 g/mol. The first-order valence-corrected chi connectivity index (χ1v) is 6.41. The van der Waals surface area contributed by atoms with E-state index in [1.54, 1.807) is 18.4 Å². The van der Waals surface area contributed by atoms with E-state index in [2.05, 4.69) is 17.7 Å². The maximum absolute atomic E-state index is 5.27. The molecule has 0 N–H and O–H groups in total. The third-order valence-corrected chi connectivity index (χ3v) is 3.24. The predicted molar refractivity (Wildman–Crippen MR) is 63.3 cm³/mol. The lowest BCUT2D eigenvalue weighted by molar-refractivity contribution is 0.411. The van der Waals surface area contributed by atoms with Gasteiger partial charge in [0.15, 0.2) is 0 Å². The molecule has 0 atom stereocenters. The van der Waals surface area contributed by atoms with Crippen LogP contribution >= 0.6 is 11.3 Å². The van der Waals surface area contributed by atoms with Gasteiger partial charge in [0.05, 0.1) is 7.11 Å². The maximum Gasteiger partial charge on any atom is 0.132 e. The van der Waals surface area contributed by atoms with Crippen LogP contribution in [0.1, 0.15) is 44.6 Å². The summed E-state index contributed by atoms with van der Waals surface area (Å²) < 4.78 is 5.27. The van der Waals surface area contributed by atoms with Crippen molar-refractivity contribution in [2.75, 3.05) is 7.11 Å². The van der Waals surface area contributed by atoms with Gasteiger partial charge in [-0.15, -0.1) is 11.3 Å². The Bertz CT molecular complexity index is 242. The molecule has 80 valence electrons. The Hall–Kier alpha value is -0.500. The zero-order valence-corrected chi connectivity index (χ0v) is 10.0. The Morgan fingerprint density at radius 2 is 1.93 bits per heavy atom. The first-order valence-electron chi connectivity index (χ1n) is 5.47. The maximum atomic E-state index is 5.27. The quantitative estimate of drug-likeness (QED) is 0.613. The molecule has 0 radical (unpaired) electrons. The molecule has 0 aliphatic heterocycles. The second-order valence-electron chi connectivity index (χ2n) is 3.63. The first-order chi connectivity index (χ1) is 6.88. The van der Waals surface area contributed by atoms with Gasteiger partial charge >= 0.3 is 0 Å². The van der Waals surface area contributed by atoms with Gasteiger partial charge < -0.3 is 4.74 Å². The summed E-state index contributed by atoms with van der Waals surface area (Å²) in [5, 5.41) is 4.29. The van der Waals surface area contributed by atoms with Crippen molar-refractivity contribution in [3.05, 3.63) is 16.3 Å². The van der Waals surface area contributed by atoms with E-state index in [-0.39, 0.29) is 0 Å². The van der Waals surface area contributed by atoms with E-state index in [0.717, 1.165) is 5.75 Å². The molecule has 1 nitrogen and oxygen atoms in total. The van der Waals surface area contributed by atoms with Crippen LogP contribution in [0.25, 0.3) is 0 Å². The molecule has 14 heavy (non-hydrogen) atoms. The van der Waals surface area contributed by atoms with Gasteiger partial charge in [-0.3, -0.25) is 0 Å². The predicted octanol–water partition coefficient (Wildman–Crippen LogP) is 4.27. The monoisotopic (exact) mass is 212 g/mol. The highest BCUT2D eigenvalue weighted by Crippen LogP contribution is 2.24. The number of thiophene rings is 1. The third kappa shape index (κ3) is 3.70. The van der Waals surface area contributed by atoms with Crippen molar-refractivity contribution in [1.29, 1.82) is 0 Å². The van der Waals surface area contributed by atoms with Crippen LogP contribution in [-0.4, -0.2) is 7.11 Å². The van der Waals surface area contributed by atoms with Gasteiger partial charge in [-0.25, -0.2) is 0 Å². The van der Waals surface area contributed by atoms with Crippen molar-refractivity contribution >= 4 is 11.3 Å². The van der Waals surface area contributed by atoms with Crippen LogP contribution in [0.4, 0.5) is 0 Å². The second kappa shape index (κ2) is 6.88. The molecule has 1 heterocycles. The summed E-state index contributed by atoms with van der Waals surface area (Å²) in [6.07, 6.45) is 7.90. The van der Waals surface area contributed by atoms with Gasteiger partial charge in [0, 0.05) is 10.9 Å². The number of rotatable bonds is 7. The summed E-state index contributed by atoms with van der Waals surface area (Å²) in [4.78, 5) is 0. The van der Waals surface area contributed by atoms with Gasteiger partial charge in [-0.05, 0) is 18.2 Å². The van der Waals surface area contributed by atoms with Crippen molar-refractivity contribution in [3.63, 3.8) is 0 Å². The van der Waals surface area contributed by atoms with E-state index < -0.39 is 0 Å². The molecule has 0 spiro atoms. The number of aryl methyl sites for hydroxylation is 1. The molecule has 1 aromatic rings. The molecule has 0 aliphatic carbocycles. The van der Waals surface area contributed by atoms with Gasteiger partial charge in [0.1, 0.15) is 5.75 Å². The lowest BCUT2D eigenvalue weighted by Crippen LogP contribution is -1.88. The molecule has 0 amide bonds. The normalized spacial score (nSPS) is 10.4. The Kier molecular flexibility index (Phi) is 5.69. The molecule has 0 saturated carbocycles. The summed E-state index contributed by atoms with van der Waals surface area (Å²) in [6, 6.07) is 0. The van der Waals surface area contributed by atoms with Crippen molar-refractivity contribution in [2.24, 2.45) is 0 Å². The Morgan fingerprint density at radius 1 is 1.14 bits per heavy atom. The molecular weight excluding hydrogens is 192 g/mol. The van der Waals surface area contributed by atoms with Crippen molar-refractivity contribution in [1.82, 2.24) is 0 Å². The van der Waals surface area contributed by atoms with E-state index >= 15 is 0 Å². The highest BCUT2D eigenvalue weighted by molar-refractivity contribution is 7.08. The lowest BCUT2D eigenvalue weighted by atomic mass is 10.1. The molecule has 0 unspecified atom stereocenters. The first kappa shape index (κ1) is 11.6. The largest absolute Gasteiger partial charge is 0.496 e. The fourth-order valence-corrected chi connectivity index (χ4v) is 2.43. The Labute approximate surface area is 91.1 Å². The van der Waals surface area contributed by atoms with E-state index in [9.17, 15) is 0 Å². The van der Waals surface area contributed by atoms with Gasteiger partial charge in [-0.1, -0.05) is 32.6 Å². The van der Waals surface area contributed by atoms with Crippen LogP contribution in [0.2, 0.25) is 0 Å². The molecule has 0 aliphatic rings. The number of methoxy groups -OCH3 is 1. The molecule has 0 saturated heterocycles. The minimum Gasteiger partial charge on any atom is -0.496 e. The number of ether oxygens (including phenoxy) is 1. The standard InChI is InChI=1S/C12H20OS/c1-3-4-5-6-7-8-11-9-14-10-12(11)13-2/h9-10H,3-8H2,1-2H3. The molecule has 1 rings (SSSR count). The summed E-state index contributed by atoms with van der Waals surface area (Å²) in [5.74, 6) is 1.07. The van der Waals surface area contributed by atoms with Crippen LogP contribution in [-0.2, 0) is 6.42 Å². The number of hydrogen-bond donors (Lipinski definition) is 0. The number of hydrogen-bond acceptors (Lipinski definition) is 2. The van der Waals surface area contributed by atoms with Crippen LogP contribution in [0.15, 0.2) is 10.8 Å². The highest BCUT2D eigenvalue weighted by Gasteiger charge is 2.02. The second-order valence-corrected chi connectivity index (χ2v) is 4.37. The van der Waals surface area contributed by atoms with Crippen molar-refractivity contribution < 1.29 is 4.74 Å². The summed E-state index contributed by atoms with van der Waals surface area (Å²) in [6.45, 7) is 2.25. The minimum absolute atomic E-state index is 1.07. The SMILES string of the molecule is CCCCCCCc1cscc1OC. The van der Waals surface area contributed by atoms with Crippen LogP contribution < -0.4 is 4.74 Å². The highest BCUT2D eigenvalue weighted by atomic mass is 32.1. The van der Waals surface area contributed by atoms with Crippen LogP contribution in [0, 0.1) is 0 Å². The topological polar surface area (TPSA) is 9.23 Å². The lowest BCUT2D eigenvalue weighted by Gasteiger charge is -2.02. The summed E-state index contributed by atoms with van der Waals surface area (Å²) in [5.41, 5.74) is 1.38. The zero-order chi connectivity index (χ0) is 10.2. The van der Waals surface area contributed by atoms with Gasteiger partial charge in [-0.2, -0.15) is 0 Å². The molecular formula is C12H20OS. The van der Waals surface area contributed by atoms with Crippen molar-refractivity contribution in [3.8, 4) is 5.75 Å². The fraction of sp³-hybridized carbons (Fsp3) is 0.667. The Morgan fingerprint density at radius 3 is 2.64 bits per heavy atom. The molecule has 0 fully saturated rings. The molecule has 1 aromatic heterocycles. The number of unbranched alkanes of at least 4 members (excludes halogenated alkanes) is 4. The summed E-state index contributed by atoms with van der Waals surface area (Å²) >= 11 is 1.73. The third-order valence-electron chi connectivity index (χ3n) is 2.47. The van der Waals surface area contributed by atoms with E-state index in [1.165, 1.54) is 44.1 Å². The fourth-order valence-electron chi connectivity index (χ4n) is 1.59. The smallest absolute Gasteiger partial charge is 0.132 e. The summed E-state index contributed by atoms with van der Waals surface area (Å²) in [7, 11) is 1.75. The van der Waals surface area contributed by atoms with Crippen LogP contribution in [0.5, 0.6) is 5.75 Å². The van der Waals surface area contributed by atoms with Gasteiger partial charge in [0.2, 0.25) is 0 Å². The van der Waals surface area contributed by atoms with E-state index in [1.807, 2.05) is 0 Å². The Balaban J connectivity index is 2.17. The minimum atomic E-state index is 1.07. The van der Waals surface area contributed by atoms with E-state index in [0.29, 0.717) is 0 Å². The molecule has 2 heteroatoms. The van der Waals surface area contributed by atoms with Crippen LogP contribution in [0.3, 0.4) is 0 Å².